The molecule has 4 atom stereocenters. The van der Waals surface area contributed by atoms with Gasteiger partial charge in [-0.1, -0.05) is 109 Å². The Bertz CT molecular complexity index is 1320. The highest BCUT2D eigenvalue weighted by molar-refractivity contribution is 6.74. The molecule has 52 heavy (non-hydrogen) atoms. The van der Waals surface area contributed by atoms with E-state index < -0.39 is 58.9 Å². The number of alkyl carbamates (subject to hydrolysis) is 2. The first-order valence-electron chi connectivity index (χ1n) is 18.9. The van der Waals surface area contributed by atoms with Gasteiger partial charge in [0, 0.05) is 12.8 Å². The average molecular weight is 757 g/mol. The molecule has 10 nitrogen and oxygen atoms in total. The summed E-state index contributed by atoms with van der Waals surface area (Å²) in [6.07, 6.45) is 1.89. The van der Waals surface area contributed by atoms with Gasteiger partial charge in [0.15, 0.2) is 22.4 Å². The lowest BCUT2D eigenvalue weighted by Crippen LogP contribution is -2.59. The molecule has 1 aliphatic heterocycles. The van der Waals surface area contributed by atoms with Crippen LogP contribution in [-0.4, -0.2) is 72.1 Å². The van der Waals surface area contributed by atoms with Gasteiger partial charge in [0.2, 0.25) is 0 Å². The lowest BCUT2D eigenvalue weighted by Gasteiger charge is -2.40. The molecule has 4 rings (SSSR count). The van der Waals surface area contributed by atoms with Crippen LogP contribution in [-0.2, 0) is 41.0 Å². The molecule has 1 heterocycles. The molecule has 290 valence electrons. The van der Waals surface area contributed by atoms with Crippen LogP contribution in [0.2, 0.25) is 36.3 Å². The van der Waals surface area contributed by atoms with Gasteiger partial charge in [0.25, 0.3) is 0 Å². The van der Waals surface area contributed by atoms with Crippen molar-refractivity contribution in [3.8, 4) is 0 Å². The fraction of sp³-hybridized carbons (Fsp3) is 0.650. The van der Waals surface area contributed by atoms with Crippen LogP contribution >= 0.6 is 0 Å². The monoisotopic (exact) mass is 756 g/mol. The standard InChI is InChI=1S/C40H64N2O8Si2/c1-38(2,3)51(7,8)47-28-32(41-36(43)45-26-30-20-14-11-15-21-30)34-35(50-40(49-34)24-18-13-19-25-40)33(29-48-52(9,10)39(4,5)6)42-37(44)46-27-31-22-16-12-17-23-31/h11-12,14-17,20-23,32-35H,13,18-19,24-29H2,1-10H3,(H,41,43)(H,42,44)/t32-,33-,34+,35+/m0/s1. The Balaban J connectivity index is 1.66. The molecule has 1 spiro atoms. The zero-order valence-corrected chi connectivity index (χ0v) is 35.2. The van der Waals surface area contributed by atoms with Gasteiger partial charge in [-0.15, -0.1) is 0 Å². The van der Waals surface area contributed by atoms with Gasteiger partial charge in [0.1, 0.15) is 25.4 Å². The molecule has 2 amide bonds. The second-order valence-corrected chi connectivity index (χ2v) is 27.0. The van der Waals surface area contributed by atoms with Gasteiger partial charge in [-0.2, -0.15) is 0 Å². The molecule has 2 N–H and O–H groups in total. The van der Waals surface area contributed by atoms with Crippen LogP contribution in [0.1, 0.15) is 84.8 Å². The summed E-state index contributed by atoms with van der Waals surface area (Å²) in [5.41, 5.74) is 1.76. The minimum atomic E-state index is -2.27. The number of ether oxygens (including phenoxy) is 4. The molecule has 2 aliphatic rings. The first kappa shape index (κ1) is 42.0. The number of hydrogen-bond donors (Lipinski definition) is 2. The summed E-state index contributed by atoms with van der Waals surface area (Å²) in [5, 5.41) is 6.10. The molecule has 0 aromatic heterocycles. The molecule has 12 heteroatoms. The molecular formula is C40H64N2O8Si2. The molecule has 0 bridgehead atoms. The average Bonchev–Trinajstić information content (AvgIpc) is 3.44. The number of amides is 2. The third kappa shape index (κ3) is 11.6. The maximum Gasteiger partial charge on any atom is 0.407 e. The number of hydrogen-bond acceptors (Lipinski definition) is 8. The maximum absolute atomic E-state index is 13.5. The molecule has 1 saturated carbocycles. The summed E-state index contributed by atoms with van der Waals surface area (Å²) in [7, 11) is -4.53. The van der Waals surface area contributed by atoms with Crippen molar-refractivity contribution in [1.82, 2.24) is 10.6 Å². The largest absolute Gasteiger partial charge is 0.445 e. The summed E-state index contributed by atoms with van der Waals surface area (Å²) in [6.45, 7) is 22.5. The summed E-state index contributed by atoms with van der Waals surface area (Å²) >= 11 is 0. The minimum Gasteiger partial charge on any atom is -0.445 e. The molecule has 1 aliphatic carbocycles. The van der Waals surface area contributed by atoms with Crippen LogP contribution in [0.25, 0.3) is 0 Å². The van der Waals surface area contributed by atoms with E-state index in [1.165, 1.54) is 0 Å². The molecule has 0 unspecified atom stereocenters. The Morgan fingerprint density at radius 3 is 1.38 bits per heavy atom. The van der Waals surface area contributed by atoms with Gasteiger partial charge in [-0.05, 0) is 60.2 Å². The van der Waals surface area contributed by atoms with Crippen LogP contribution in [0.15, 0.2) is 60.7 Å². The molecular weight excluding hydrogens is 693 g/mol. The van der Waals surface area contributed by atoms with Crippen molar-refractivity contribution < 1.29 is 37.4 Å². The van der Waals surface area contributed by atoms with E-state index in [-0.39, 0.29) is 36.5 Å². The summed E-state index contributed by atoms with van der Waals surface area (Å²) in [4.78, 5) is 27.1. The number of carbonyl (C=O) groups is 2. The number of carbonyl (C=O) groups excluding carboxylic acids is 2. The van der Waals surface area contributed by atoms with E-state index >= 15 is 0 Å². The van der Waals surface area contributed by atoms with E-state index in [2.05, 4.69) is 78.4 Å². The van der Waals surface area contributed by atoms with Crippen LogP contribution in [0.5, 0.6) is 0 Å². The Morgan fingerprint density at radius 1 is 0.673 bits per heavy atom. The van der Waals surface area contributed by atoms with Gasteiger partial charge < -0.3 is 38.4 Å². The molecule has 2 aromatic rings. The van der Waals surface area contributed by atoms with Crippen molar-refractivity contribution in [2.24, 2.45) is 0 Å². The predicted octanol–water partition coefficient (Wildman–Crippen LogP) is 9.06. The number of rotatable bonds is 14. The van der Waals surface area contributed by atoms with E-state index in [1.807, 2.05) is 60.7 Å². The fourth-order valence-corrected chi connectivity index (χ4v) is 7.96. The van der Waals surface area contributed by atoms with Crippen molar-refractivity contribution in [2.45, 2.75) is 153 Å². The van der Waals surface area contributed by atoms with Crippen LogP contribution in [0.3, 0.4) is 0 Å². The smallest absolute Gasteiger partial charge is 0.407 e. The fourth-order valence-electron chi connectivity index (χ4n) is 5.91. The lowest BCUT2D eigenvalue weighted by molar-refractivity contribution is -0.198. The SMILES string of the molecule is CC(C)(C)[Si](C)(C)OC[C@H](NC(=O)OCc1ccccc1)[C@H]1OC2(CCCCC2)O[C@@H]1[C@H](CO[Si](C)(C)C(C)(C)C)NC(=O)OCc1ccccc1. The van der Waals surface area contributed by atoms with E-state index in [9.17, 15) is 9.59 Å². The number of benzene rings is 2. The quantitative estimate of drug-likeness (QED) is 0.184. The first-order chi connectivity index (χ1) is 24.3. The summed E-state index contributed by atoms with van der Waals surface area (Å²) < 4.78 is 38.9. The Labute approximate surface area is 314 Å². The summed E-state index contributed by atoms with van der Waals surface area (Å²) in [6, 6.07) is 17.8. The third-order valence-electron chi connectivity index (χ3n) is 11.3. The number of nitrogens with one attached hydrogen (secondary N) is 2. The molecule has 1 saturated heterocycles. The zero-order chi connectivity index (χ0) is 38.2. The molecule has 0 radical (unpaired) electrons. The Hall–Kier alpha value is -2.75. The van der Waals surface area contributed by atoms with E-state index in [4.69, 9.17) is 27.8 Å². The van der Waals surface area contributed by atoms with Crippen molar-refractivity contribution in [1.29, 1.82) is 0 Å². The summed E-state index contributed by atoms with van der Waals surface area (Å²) in [5.74, 6) is -0.858. The normalized spacial score (nSPS) is 20.6. The van der Waals surface area contributed by atoms with Crippen LogP contribution in [0, 0.1) is 0 Å². The van der Waals surface area contributed by atoms with Crippen molar-refractivity contribution in [3.05, 3.63) is 71.8 Å². The highest BCUT2D eigenvalue weighted by Gasteiger charge is 2.54. The predicted molar refractivity (Wildman–Crippen MR) is 209 cm³/mol. The zero-order valence-electron chi connectivity index (χ0n) is 33.2. The third-order valence-corrected chi connectivity index (χ3v) is 20.3. The minimum absolute atomic E-state index is 0.0635. The lowest BCUT2D eigenvalue weighted by atomic mass is 9.94. The molecule has 2 aromatic carbocycles. The molecule has 2 fully saturated rings. The topological polar surface area (TPSA) is 114 Å². The highest BCUT2D eigenvalue weighted by Crippen LogP contribution is 2.44. The first-order valence-corrected chi connectivity index (χ1v) is 24.7. The van der Waals surface area contributed by atoms with Crippen molar-refractivity contribution in [3.63, 3.8) is 0 Å². The second kappa shape index (κ2) is 17.6. The highest BCUT2D eigenvalue weighted by atomic mass is 28.4. The van der Waals surface area contributed by atoms with Crippen molar-refractivity contribution >= 4 is 28.8 Å². The van der Waals surface area contributed by atoms with Gasteiger partial charge >= 0.3 is 12.2 Å². The van der Waals surface area contributed by atoms with E-state index in [0.717, 1.165) is 30.4 Å². The Kier molecular flexibility index (Phi) is 14.2. The van der Waals surface area contributed by atoms with Crippen LogP contribution < -0.4 is 10.6 Å². The van der Waals surface area contributed by atoms with E-state index in [0.29, 0.717) is 12.8 Å². The van der Waals surface area contributed by atoms with Gasteiger partial charge in [0.05, 0.1) is 25.3 Å². The van der Waals surface area contributed by atoms with Crippen molar-refractivity contribution in [2.75, 3.05) is 13.2 Å². The maximum atomic E-state index is 13.5. The second-order valence-electron chi connectivity index (χ2n) is 17.4. The van der Waals surface area contributed by atoms with Gasteiger partial charge in [-0.25, -0.2) is 9.59 Å². The van der Waals surface area contributed by atoms with Gasteiger partial charge in [-0.3, -0.25) is 0 Å². The van der Waals surface area contributed by atoms with E-state index in [1.54, 1.807) is 0 Å². The Morgan fingerprint density at radius 2 is 1.04 bits per heavy atom. The van der Waals surface area contributed by atoms with Crippen LogP contribution in [0.4, 0.5) is 9.59 Å².